The summed E-state index contributed by atoms with van der Waals surface area (Å²) >= 11 is 3.73. The maximum atomic E-state index is 6.23. The van der Waals surface area contributed by atoms with E-state index in [9.17, 15) is 0 Å². The van der Waals surface area contributed by atoms with Crippen molar-refractivity contribution in [3.63, 3.8) is 0 Å². The maximum absolute atomic E-state index is 6.23. The van der Waals surface area contributed by atoms with Gasteiger partial charge in [-0.25, -0.2) is 0 Å². The molecule has 0 aliphatic carbocycles. The summed E-state index contributed by atoms with van der Waals surface area (Å²) in [5.41, 5.74) is 10.0. The molecule has 11 aromatic rings. The lowest BCUT2D eigenvalue weighted by atomic mass is 9.98. The molecule has 0 saturated heterocycles. The van der Waals surface area contributed by atoms with Gasteiger partial charge in [0.25, 0.3) is 0 Å². The third-order valence-corrected chi connectivity index (χ3v) is 12.6. The molecule has 2 nitrogen and oxygen atoms in total. The van der Waals surface area contributed by atoms with Crippen LogP contribution in [0.4, 0.5) is 17.1 Å². The Labute approximate surface area is 308 Å². The molecule has 3 aromatic heterocycles. The van der Waals surface area contributed by atoms with Crippen LogP contribution in [0.2, 0.25) is 0 Å². The van der Waals surface area contributed by atoms with E-state index in [2.05, 4.69) is 169 Å². The fraction of sp³-hybridized carbons (Fsp3) is 0. The first-order valence-corrected chi connectivity index (χ1v) is 19.1. The fourth-order valence-electron chi connectivity index (χ4n) is 7.95. The monoisotopic (exact) mass is 699 g/mol. The molecule has 8 aromatic carbocycles. The molecule has 52 heavy (non-hydrogen) atoms. The van der Waals surface area contributed by atoms with Crippen molar-refractivity contribution in [2.75, 3.05) is 4.90 Å². The highest BCUT2D eigenvalue weighted by Crippen LogP contribution is 2.46. The van der Waals surface area contributed by atoms with Crippen molar-refractivity contribution < 1.29 is 4.42 Å². The lowest BCUT2D eigenvalue weighted by Gasteiger charge is -2.26. The molecule has 3 heterocycles. The molecule has 0 radical (unpaired) electrons. The maximum Gasteiger partial charge on any atom is 0.136 e. The Morgan fingerprint density at radius 3 is 1.65 bits per heavy atom. The zero-order chi connectivity index (χ0) is 34.2. The van der Waals surface area contributed by atoms with Crippen LogP contribution >= 0.6 is 22.7 Å². The summed E-state index contributed by atoms with van der Waals surface area (Å²) in [7, 11) is 0. The van der Waals surface area contributed by atoms with Gasteiger partial charge >= 0.3 is 0 Å². The van der Waals surface area contributed by atoms with Crippen molar-refractivity contribution in [3.05, 3.63) is 176 Å². The predicted molar refractivity (Wildman–Crippen MR) is 225 cm³/mol. The van der Waals surface area contributed by atoms with Crippen LogP contribution in [-0.4, -0.2) is 0 Å². The summed E-state index contributed by atoms with van der Waals surface area (Å²) in [6.07, 6.45) is 0. The molecule has 0 atom stereocenters. The number of para-hydroxylation sites is 1. The average molecular weight is 700 g/mol. The van der Waals surface area contributed by atoms with E-state index in [1.165, 1.54) is 62.7 Å². The zero-order valence-corrected chi connectivity index (χ0v) is 29.5. The summed E-state index contributed by atoms with van der Waals surface area (Å²) < 4.78 is 11.5. The third kappa shape index (κ3) is 4.55. The number of nitrogens with zero attached hydrogens (tertiary/aromatic N) is 1. The molecule has 0 unspecified atom stereocenters. The molecule has 0 fully saturated rings. The topological polar surface area (TPSA) is 16.4 Å². The Kier molecular flexibility index (Phi) is 6.63. The summed E-state index contributed by atoms with van der Waals surface area (Å²) in [6, 6.07) is 63.7. The van der Waals surface area contributed by atoms with Gasteiger partial charge in [-0.1, -0.05) is 115 Å². The van der Waals surface area contributed by atoms with Gasteiger partial charge in [0.1, 0.15) is 11.2 Å². The van der Waals surface area contributed by atoms with Crippen molar-refractivity contribution in [2.24, 2.45) is 0 Å². The largest absolute Gasteiger partial charge is 0.456 e. The van der Waals surface area contributed by atoms with Crippen molar-refractivity contribution in [1.82, 2.24) is 0 Å². The molecule has 0 aliphatic rings. The van der Waals surface area contributed by atoms with Gasteiger partial charge < -0.3 is 9.32 Å². The highest BCUT2D eigenvalue weighted by Gasteiger charge is 2.20. The summed E-state index contributed by atoms with van der Waals surface area (Å²) in [5.74, 6) is 0. The summed E-state index contributed by atoms with van der Waals surface area (Å²) in [6.45, 7) is 0. The van der Waals surface area contributed by atoms with Crippen LogP contribution in [0, 0.1) is 0 Å². The van der Waals surface area contributed by atoms with E-state index in [-0.39, 0.29) is 0 Å². The smallest absolute Gasteiger partial charge is 0.136 e. The van der Waals surface area contributed by atoms with Crippen LogP contribution in [-0.2, 0) is 0 Å². The van der Waals surface area contributed by atoms with Gasteiger partial charge in [-0.05, 0) is 82.9 Å². The Bertz CT molecular complexity index is 2970. The summed E-state index contributed by atoms with van der Waals surface area (Å²) in [4.78, 5) is 2.42. The third-order valence-electron chi connectivity index (χ3n) is 10.3. The second-order valence-electron chi connectivity index (χ2n) is 13.2. The van der Waals surface area contributed by atoms with Gasteiger partial charge in [0.15, 0.2) is 0 Å². The number of hydrogen-bond donors (Lipinski definition) is 0. The van der Waals surface area contributed by atoms with Gasteiger partial charge in [-0.2, -0.15) is 0 Å². The van der Waals surface area contributed by atoms with E-state index in [0.29, 0.717) is 0 Å². The number of fused-ring (bicyclic) bond motifs is 9. The minimum Gasteiger partial charge on any atom is -0.456 e. The average Bonchev–Trinajstić information content (AvgIpc) is 3.90. The van der Waals surface area contributed by atoms with Crippen molar-refractivity contribution in [2.45, 2.75) is 0 Å². The quantitative estimate of drug-likeness (QED) is 0.178. The number of thiophene rings is 2. The Morgan fingerprint density at radius 1 is 0.365 bits per heavy atom. The van der Waals surface area contributed by atoms with E-state index < -0.39 is 0 Å². The van der Waals surface area contributed by atoms with E-state index in [1.54, 1.807) is 0 Å². The molecule has 0 saturated carbocycles. The normalized spacial score (nSPS) is 11.8. The van der Waals surface area contributed by atoms with Crippen molar-refractivity contribution in [3.8, 4) is 22.3 Å². The van der Waals surface area contributed by atoms with E-state index >= 15 is 0 Å². The first kappa shape index (κ1) is 29.5. The Hall–Kier alpha value is -6.20. The lowest BCUT2D eigenvalue weighted by molar-refractivity contribution is 0.669. The van der Waals surface area contributed by atoms with Crippen molar-refractivity contribution in [1.29, 1.82) is 0 Å². The predicted octanol–water partition coefficient (Wildman–Crippen LogP) is 15.1. The minimum absolute atomic E-state index is 0.909. The first-order valence-electron chi connectivity index (χ1n) is 17.5. The minimum atomic E-state index is 0.909. The number of anilines is 3. The number of rotatable bonds is 5. The molecule has 0 aliphatic heterocycles. The molecule has 0 N–H and O–H groups in total. The number of hydrogen-bond acceptors (Lipinski definition) is 4. The number of benzene rings is 8. The Balaban J connectivity index is 1.07. The van der Waals surface area contributed by atoms with Crippen LogP contribution in [0.25, 0.3) is 84.5 Å². The summed E-state index contributed by atoms with van der Waals surface area (Å²) in [5, 5.41) is 7.53. The highest BCUT2D eigenvalue weighted by molar-refractivity contribution is 7.26. The van der Waals surface area contributed by atoms with Gasteiger partial charge in [-0.15, -0.1) is 22.7 Å². The van der Waals surface area contributed by atoms with Crippen LogP contribution in [0.5, 0.6) is 0 Å². The number of furan rings is 1. The zero-order valence-electron chi connectivity index (χ0n) is 27.9. The standard InChI is InChI=1S/C48H29NOS2/c1-4-17-41-38(11-1)46-34(13-8-18-42(46)50-41)30-22-26-32(27-23-30)49(40-16-7-15-37-36-10-2-5-19-43(36)52-48(37)40)33-28-24-31(25-29-33)35-14-9-21-45-47(35)39-12-3-6-20-44(39)51-45/h1-29H. The first-order chi connectivity index (χ1) is 25.8. The Morgan fingerprint density at radius 2 is 0.904 bits per heavy atom. The van der Waals surface area contributed by atoms with E-state index in [0.717, 1.165) is 38.9 Å². The molecular weight excluding hydrogens is 671 g/mol. The van der Waals surface area contributed by atoms with Crippen LogP contribution in [0.3, 0.4) is 0 Å². The lowest BCUT2D eigenvalue weighted by Crippen LogP contribution is -2.10. The molecular formula is C48H29NOS2. The SMILES string of the molecule is c1ccc2c(c1)oc1cccc(-c3ccc(N(c4ccc(-c5cccc6sc7ccccc7c56)cc4)c4cccc5c4sc4ccccc45)cc3)c12. The molecule has 0 amide bonds. The van der Waals surface area contributed by atoms with Gasteiger partial charge in [0.2, 0.25) is 0 Å². The molecule has 4 heteroatoms. The fourth-order valence-corrected chi connectivity index (χ4v) is 10.3. The molecule has 244 valence electrons. The molecule has 0 spiro atoms. The van der Waals surface area contributed by atoms with E-state index in [1.807, 2.05) is 34.8 Å². The van der Waals surface area contributed by atoms with Gasteiger partial charge in [-0.3, -0.25) is 0 Å². The van der Waals surface area contributed by atoms with Crippen LogP contribution in [0.1, 0.15) is 0 Å². The molecule has 0 bridgehead atoms. The van der Waals surface area contributed by atoms with Gasteiger partial charge in [0, 0.05) is 57.8 Å². The second kappa shape index (κ2) is 11.7. The van der Waals surface area contributed by atoms with Crippen LogP contribution in [0.15, 0.2) is 180 Å². The highest BCUT2D eigenvalue weighted by atomic mass is 32.1. The van der Waals surface area contributed by atoms with Gasteiger partial charge in [0.05, 0.1) is 10.4 Å². The van der Waals surface area contributed by atoms with E-state index in [4.69, 9.17) is 4.42 Å². The second-order valence-corrected chi connectivity index (χ2v) is 15.4. The van der Waals surface area contributed by atoms with Crippen LogP contribution < -0.4 is 4.90 Å². The molecule has 11 rings (SSSR count). The van der Waals surface area contributed by atoms with Crippen molar-refractivity contribution >= 4 is 102 Å².